The molecule has 104 valence electrons. The van der Waals surface area contributed by atoms with Crippen molar-refractivity contribution in [2.45, 2.75) is 43.4 Å². The number of amides is 1. The van der Waals surface area contributed by atoms with Gasteiger partial charge in [0.25, 0.3) is 0 Å². The molecule has 0 aliphatic heterocycles. The molecule has 2 unspecified atom stereocenters. The fourth-order valence-corrected chi connectivity index (χ4v) is 3.40. The first-order chi connectivity index (χ1) is 9.25. The van der Waals surface area contributed by atoms with E-state index in [9.17, 15) is 4.79 Å². The lowest BCUT2D eigenvalue weighted by molar-refractivity contribution is -0.121. The van der Waals surface area contributed by atoms with Crippen LogP contribution in [0.3, 0.4) is 0 Å². The molecule has 0 spiro atoms. The number of hydrogen-bond acceptors (Lipinski definition) is 1. The number of alkyl halides is 1. The second-order valence-corrected chi connectivity index (χ2v) is 6.53. The van der Waals surface area contributed by atoms with E-state index in [0.717, 1.165) is 13.0 Å². The number of rotatable bonds is 5. The standard InChI is InChI=1S/C16H22BrNO/c17-15-9-5-4-8-14(15)12-18-16(19)11-10-13-6-2-1-3-7-13/h1-3,6-7,14-15H,4-5,8-12H2,(H,18,19). The molecule has 0 radical (unpaired) electrons. The van der Waals surface area contributed by atoms with Gasteiger partial charge in [0.15, 0.2) is 0 Å². The summed E-state index contributed by atoms with van der Waals surface area (Å²) in [4.78, 5) is 12.4. The summed E-state index contributed by atoms with van der Waals surface area (Å²) in [5.41, 5.74) is 1.23. The summed E-state index contributed by atoms with van der Waals surface area (Å²) in [5.74, 6) is 0.781. The Morgan fingerprint density at radius 3 is 2.68 bits per heavy atom. The normalized spacial score (nSPS) is 23.0. The van der Waals surface area contributed by atoms with Crippen molar-refractivity contribution in [3.63, 3.8) is 0 Å². The highest BCUT2D eigenvalue weighted by Gasteiger charge is 2.22. The lowest BCUT2D eigenvalue weighted by Gasteiger charge is -2.27. The van der Waals surface area contributed by atoms with Crippen LogP contribution < -0.4 is 5.32 Å². The molecular weight excluding hydrogens is 302 g/mol. The van der Waals surface area contributed by atoms with E-state index in [-0.39, 0.29) is 5.91 Å². The van der Waals surface area contributed by atoms with E-state index in [2.05, 4.69) is 33.4 Å². The molecule has 0 aromatic heterocycles. The van der Waals surface area contributed by atoms with Crippen LogP contribution in [0.4, 0.5) is 0 Å². The fraction of sp³-hybridized carbons (Fsp3) is 0.562. The van der Waals surface area contributed by atoms with Crippen molar-refractivity contribution in [1.82, 2.24) is 5.32 Å². The molecule has 1 aromatic carbocycles. The minimum atomic E-state index is 0.175. The van der Waals surface area contributed by atoms with Crippen molar-refractivity contribution >= 4 is 21.8 Å². The van der Waals surface area contributed by atoms with Gasteiger partial charge in [0.1, 0.15) is 0 Å². The highest BCUT2D eigenvalue weighted by Crippen LogP contribution is 2.29. The van der Waals surface area contributed by atoms with Gasteiger partial charge in [0, 0.05) is 17.8 Å². The average Bonchev–Trinajstić information content (AvgIpc) is 2.45. The Balaban J connectivity index is 1.67. The third-order valence-electron chi connectivity index (χ3n) is 3.86. The highest BCUT2D eigenvalue weighted by atomic mass is 79.9. The first kappa shape index (κ1) is 14.6. The summed E-state index contributed by atoms with van der Waals surface area (Å²) in [6, 6.07) is 10.2. The second kappa shape index (κ2) is 7.68. The summed E-state index contributed by atoms with van der Waals surface area (Å²) in [6.07, 6.45) is 6.50. The highest BCUT2D eigenvalue weighted by molar-refractivity contribution is 9.09. The quantitative estimate of drug-likeness (QED) is 0.823. The zero-order valence-corrected chi connectivity index (χ0v) is 12.9. The maximum absolute atomic E-state index is 11.8. The number of halogens is 1. The SMILES string of the molecule is O=C(CCc1ccccc1)NCC1CCCCC1Br. The Kier molecular flexibility index (Phi) is 5.90. The van der Waals surface area contributed by atoms with Crippen molar-refractivity contribution in [3.8, 4) is 0 Å². The molecule has 1 N–H and O–H groups in total. The molecule has 2 atom stereocenters. The van der Waals surface area contributed by atoms with Crippen LogP contribution in [0.5, 0.6) is 0 Å². The van der Waals surface area contributed by atoms with E-state index >= 15 is 0 Å². The monoisotopic (exact) mass is 323 g/mol. The van der Waals surface area contributed by atoms with Gasteiger partial charge in [-0.05, 0) is 30.7 Å². The van der Waals surface area contributed by atoms with Gasteiger partial charge in [-0.15, -0.1) is 0 Å². The van der Waals surface area contributed by atoms with Gasteiger partial charge in [-0.1, -0.05) is 59.1 Å². The van der Waals surface area contributed by atoms with Crippen molar-refractivity contribution in [3.05, 3.63) is 35.9 Å². The first-order valence-electron chi connectivity index (χ1n) is 7.20. The Labute approximate surface area is 124 Å². The molecule has 1 amide bonds. The van der Waals surface area contributed by atoms with Crippen LogP contribution in [0.15, 0.2) is 30.3 Å². The molecule has 1 fully saturated rings. The van der Waals surface area contributed by atoms with Crippen LogP contribution in [-0.2, 0) is 11.2 Å². The van der Waals surface area contributed by atoms with Gasteiger partial charge in [0.05, 0.1) is 0 Å². The summed E-state index contributed by atoms with van der Waals surface area (Å²) >= 11 is 3.73. The smallest absolute Gasteiger partial charge is 0.220 e. The number of carbonyl (C=O) groups is 1. The van der Waals surface area contributed by atoms with Crippen LogP contribution in [-0.4, -0.2) is 17.3 Å². The summed E-state index contributed by atoms with van der Waals surface area (Å²) in [5, 5.41) is 3.08. The van der Waals surface area contributed by atoms with Gasteiger partial charge < -0.3 is 5.32 Å². The molecular formula is C16H22BrNO. The number of hydrogen-bond donors (Lipinski definition) is 1. The van der Waals surface area contributed by atoms with Crippen molar-refractivity contribution in [2.75, 3.05) is 6.54 Å². The molecule has 0 saturated heterocycles. The average molecular weight is 324 g/mol. The van der Waals surface area contributed by atoms with E-state index < -0.39 is 0 Å². The lowest BCUT2D eigenvalue weighted by atomic mass is 9.89. The Morgan fingerprint density at radius 2 is 1.95 bits per heavy atom. The number of carbonyl (C=O) groups excluding carboxylic acids is 1. The molecule has 1 aliphatic rings. The van der Waals surface area contributed by atoms with Gasteiger partial charge >= 0.3 is 0 Å². The third-order valence-corrected chi connectivity index (χ3v) is 5.07. The minimum absolute atomic E-state index is 0.175. The zero-order valence-electron chi connectivity index (χ0n) is 11.3. The molecule has 2 rings (SSSR count). The Hall–Kier alpha value is -0.830. The van der Waals surface area contributed by atoms with Gasteiger partial charge in [0.2, 0.25) is 5.91 Å². The summed E-state index contributed by atoms with van der Waals surface area (Å²) < 4.78 is 0. The van der Waals surface area contributed by atoms with Crippen LogP contribution in [0.1, 0.15) is 37.7 Å². The number of nitrogens with one attached hydrogen (secondary N) is 1. The maximum atomic E-state index is 11.8. The van der Waals surface area contributed by atoms with E-state index in [1.165, 1.54) is 31.2 Å². The molecule has 0 heterocycles. The van der Waals surface area contributed by atoms with Crippen molar-refractivity contribution < 1.29 is 4.79 Å². The van der Waals surface area contributed by atoms with E-state index in [1.807, 2.05) is 18.2 Å². The zero-order chi connectivity index (χ0) is 13.5. The molecule has 1 saturated carbocycles. The van der Waals surface area contributed by atoms with Gasteiger partial charge in [-0.25, -0.2) is 0 Å². The molecule has 19 heavy (non-hydrogen) atoms. The molecule has 3 heteroatoms. The predicted octanol–water partition coefficient (Wildman–Crippen LogP) is 3.69. The van der Waals surface area contributed by atoms with E-state index in [0.29, 0.717) is 17.2 Å². The predicted molar refractivity (Wildman–Crippen MR) is 82.4 cm³/mol. The minimum Gasteiger partial charge on any atom is -0.356 e. The number of aryl methyl sites for hydroxylation is 1. The maximum Gasteiger partial charge on any atom is 0.220 e. The Bertz CT molecular complexity index is 393. The van der Waals surface area contributed by atoms with Crippen molar-refractivity contribution in [1.29, 1.82) is 0 Å². The molecule has 0 bridgehead atoms. The van der Waals surface area contributed by atoms with Crippen LogP contribution in [0.2, 0.25) is 0 Å². The second-order valence-electron chi connectivity index (χ2n) is 5.35. The van der Waals surface area contributed by atoms with Crippen LogP contribution in [0.25, 0.3) is 0 Å². The van der Waals surface area contributed by atoms with E-state index in [1.54, 1.807) is 0 Å². The van der Waals surface area contributed by atoms with Crippen molar-refractivity contribution in [2.24, 2.45) is 5.92 Å². The summed E-state index contributed by atoms with van der Waals surface area (Å²) in [6.45, 7) is 0.823. The van der Waals surface area contributed by atoms with E-state index in [4.69, 9.17) is 0 Å². The van der Waals surface area contributed by atoms with Gasteiger partial charge in [-0.3, -0.25) is 4.79 Å². The summed E-state index contributed by atoms with van der Waals surface area (Å²) in [7, 11) is 0. The first-order valence-corrected chi connectivity index (χ1v) is 8.12. The molecule has 1 aromatic rings. The van der Waals surface area contributed by atoms with Crippen LogP contribution >= 0.6 is 15.9 Å². The topological polar surface area (TPSA) is 29.1 Å². The molecule has 1 aliphatic carbocycles. The van der Waals surface area contributed by atoms with Crippen LogP contribution in [0, 0.1) is 5.92 Å². The fourth-order valence-electron chi connectivity index (χ4n) is 2.63. The van der Waals surface area contributed by atoms with Gasteiger partial charge in [-0.2, -0.15) is 0 Å². The molecule has 2 nitrogen and oxygen atoms in total. The number of benzene rings is 1. The third kappa shape index (κ3) is 4.98. The lowest BCUT2D eigenvalue weighted by Crippen LogP contribution is -2.34. The largest absolute Gasteiger partial charge is 0.356 e. The Morgan fingerprint density at radius 1 is 1.21 bits per heavy atom.